The first-order valence-electron chi connectivity index (χ1n) is 10.5. The average molecular weight is 425 g/mol. The molecule has 29 heavy (non-hydrogen) atoms. The smallest absolute Gasteiger partial charge is 0.410 e. The molecule has 8 heteroatoms. The Labute approximate surface area is 178 Å². The number of rotatable bonds is 4. The zero-order valence-corrected chi connectivity index (χ0v) is 18.7. The van der Waals surface area contributed by atoms with Gasteiger partial charge in [0, 0.05) is 44.4 Å². The maximum Gasteiger partial charge on any atom is 0.410 e. The molecular weight excluding hydrogens is 392 g/mol. The van der Waals surface area contributed by atoms with E-state index >= 15 is 0 Å². The van der Waals surface area contributed by atoms with Gasteiger partial charge >= 0.3 is 6.09 Å². The molecule has 162 valence electrons. The van der Waals surface area contributed by atoms with Gasteiger partial charge < -0.3 is 24.6 Å². The van der Waals surface area contributed by atoms with E-state index in [4.69, 9.17) is 21.1 Å². The Balaban J connectivity index is 1.59. The topological polar surface area (TPSA) is 66.9 Å². The van der Waals surface area contributed by atoms with Crippen molar-refractivity contribution in [1.29, 1.82) is 0 Å². The largest absolute Gasteiger partial charge is 0.490 e. The van der Waals surface area contributed by atoms with Gasteiger partial charge in [0.05, 0.1) is 0 Å². The summed E-state index contributed by atoms with van der Waals surface area (Å²) in [6.07, 6.45) is 3.82. The van der Waals surface area contributed by atoms with E-state index in [2.05, 4.69) is 22.2 Å². The number of carbonyl (C=O) groups excluding carboxylic acids is 1. The number of anilines is 1. The summed E-state index contributed by atoms with van der Waals surface area (Å²) in [4.78, 5) is 20.8. The molecule has 0 saturated carbocycles. The predicted octanol–water partition coefficient (Wildman–Crippen LogP) is 4.02. The molecule has 1 amide bonds. The summed E-state index contributed by atoms with van der Waals surface area (Å²) in [5, 5.41) is 3.82. The molecular formula is C21H33ClN4O3. The lowest BCUT2D eigenvalue weighted by Gasteiger charge is -2.34. The molecule has 3 rings (SSSR count). The minimum Gasteiger partial charge on any atom is -0.490 e. The lowest BCUT2D eigenvalue weighted by atomic mass is 10.1. The molecule has 2 fully saturated rings. The van der Waals surface area contributed by atoms with E-state index in [9.17, 15) is 4.79 Å². The number of carbonyl (C=O) groups is 1. The van der Waals surface area contributed by atoms with Crippen LogP contribution in [0, 0.1) is 0 Å². The highest BCUT2D eigenvalue weighted by Gasteiger charge is 2.28. The number of aromatic nitrogens is 1. The molecule has 0 aromatic carbocycles. The molecule has 2 aliphatic rings. The maximum atomic E-state index is 12.4. The number of nitrogens with zero attached hydrogens (tertiary/aromatic N) is 3. The Morgan fingerprint density at radius 3 is 2.62 bits per heavy atom. The van der Waals surface area contributed by atoms with Crippen molar-refractivity contribution >= 4 is 23.5 Å². The van der Waals surface area contributed by atoms with E-state index in [1.165, 1.54) is 0 Å². The van der Waals surface area contributed by atoms with Gasteiger partial charge in [0.15, 0.2) is 0 Å². The van der Waals surface area contributed by atoms with Crippen molar-refractivity contribution < 1.29 is 14.3 Å². The third-order valence-electron chi connectivity index (χ3n) is 5.16. The van der Waals surface area contributed by atoms with Crippen molar-refractivity contribution in [1.82, 2.24) is 14.8 Å². The summed E-state index contributed by atoms with van der Waals surface area (Å²) < 4.78 is 11.7. The Kier molecular flexibility index (Phi) is 7.11. The second kappa shape index (κ2) is 9.39. The molecule has 1 unspecified atom stereocenters. The number of halogens is 1. The van der Waals surface area contributed by atoms with Crippen LogP contribution in [0.3, 0.4) is 0 Å². The molecule has 1 atom stereocenters. The lowest BCUT2D eigenvalue weighted by molar-refractivity contribution is 0.0206. The van der Waals surface area contributed by atoms with Crippen LogP contribution in [0.25, 0.3) is 0 Å². The van der Waals surface area contributed by atoms with Gasteiger partial charge in [-0.25, -0.2) is 9.78 Å². The van der Waals surface area contributed by atoms with Crippen LogP contribution in [-0.2, 0) is 4.74 Å². The first kappa shape index (κ1) is 22.0. The van der Waals surface area contributed by atoms with E-state index in [1.807, 2.05) is 26.8 Å². The fourth-order valence-electron chi connectivity index (χ4n) is 3.71. The van der Waals surface area contributed by atoms with Crippen LogP contribution in [0.2, 0.25) is 5.15 Å². The number of hydrogen-bond donors (Lipinski definition) is 1. The SMILES string of the molecule is CN1CCC(Oc2cc(Cl)nc(NC3CCCN(C(=O)OC(C)(C)C)C3)c2)CC1. The molecule has 3 heterocycles. The van der Waals surface area contributed by atoms with Crippen LogP contribution < -0.4 is 10.1 Å². The van der Waals surface area contributed by atoms with E-state index in [0.717, 1.165) is 44.5 Å². The number of pyridine rings is 1. The van der Waals surface area contributed by atoms with E-state index in [1.54, 1.807) is 11.0 Å². The highest BCUT2D eigenvalue weighted by atomic mass is 35.5. The number of amides is 1. The van der Waals surface area contributed by atoms with Gasteiger partial charge in [0.2, 0.25) is 0 Å². The van der Waals surface area contributed by atoms with Crippen LogP contribution in [0.5, 0.6) is 5.75 Å². The molecule has 0 bridgehead atoms. The molecule has 0 spiro atoms. The van der Waals surface area contributed by atoms with Crippen molar-refractivity contribution in [3.63, 3.8) is 0 Å². The zero-order chi connectivity index (χ0) is 21.0. The summed E-state index contributed by atoms with van der Waals surface area (Å²) in [7, 11) is 2.13. The zero-order valence-electron chi connectivity index (χ0n) is 17.9. The molecule has 7 nitrogen and oxygen atoms in total. The molecule has 2 aliphatic heterocycles. The van der Waals surface area contributed by atoms with Gasteiger partial charge in [-0.05, 0) is 53.5 Å². The molecule has 1 aromatic heterocycles. The third kappa shape index (κ3) is 6.93. The van der Waals surface area contributed by atoms with Gasteiger partial charge in [-0.15, -0.1) is 0 Å². The third-order valence-corrected chi connectivity index (χ3v) is 5.35. The first-order valence-corrected chi connectivity index (χ1v) is 10.8. The average Bonchev–Trinajstić information content (AvgIpc) is 2.62. The second-order valence-corrected chi connectivity index (χ2v) is 9.43. The van der Waals surface area contributed by atoms with E-state index in [0.29, 0.717) is 24.1 Å². The van der Waals surface area contributed by atoms with Crippen molar-refractivity contribution in [2.24, 2.45) is 0 Å². The fourth-order valence-corrected chi connectivity index (χ4v) is 3.91. The number of piperidine rings is 2. The van der Waals surface area contributed by atoms with Crippen LogP contribution in [-0.4, -0.2) is 71.9 Å². The number of nitrogens with one attached hydrogen (secondary N) is 1. The summed E-state index contributed by atoms with van der Waals surface area (Å²) in [6, 6.07) is 3.76. The van der Waals surface area contributed by atoms with Crippen LogP contribution in [0.15, 0.2) is 12.1 Å². The number of likely N-dealkylation sites (tertiary alicyclic amines) is 2. The first-order chi connectivity index (χ1) is 13.7. The minimum atomic E-state index is -0.494. The second-order valence-electron chi connectivity index (χ2n) is 9.04. The normalized spacial score (nSPS) is 21.7. The Morgan fingerprint density at radius 1 is 1.21 bits per heavy atom. The van der Waals surface area contributed by atoms with E-state index < -0.39 is 5.60 Å². The Morgan fingerprint density at radius 2 is 1.93 bits per heavy atom. The Bertz CT molecular complexity index is 702. The van der Waals surface area contributed by atoms with Crippen molar-refractivity contribution in [3.8, 4) is 5.75 Å². The summed E-state index contributed by atoms with van der Waals surface area (Å²) in [6.45, 7) is 9.01. The lowest BCUT2D eigenvalue weighted by Crippen LogP contribution is -2.47. The monoisotopic (exact) mass is 424 g/mol. The van der Waals surface area contributed by atoms with Crippen LogP contribution in [0.1, 0.15) is 46.5 Å². The Hall–Kier alpha value is -1.73. The number of hydrogen-bond acceptors (Lipinski definition) is 6. The van der Waals surface area contributed by atoms with Crippen molar-refractivity contribution in [2.45, 2.75) is 64.2 Å². The van der Waals surface area contributed by atoms with Gasteiger partial charge in [-0.2, -0.15) is 0 Å². The van der Waals surface area contributed by atoms with Gasteiger partial charge in [0.25, 0.3) is 0 Å². The van der Waals surface area contributed by atoms with E-state index in [-0.39, 0.29) is 18.2 Å². The molecule has 2 saturated heterocycles. The van der Waals surface area contributed by atoms with Gasteiger partial charge in [-0.3, -0.25) is 0 Å². The van der Waals surface area contributed by atoms with Gasteiger partial charge in [-0.1, -0.05) is 11.6 Å². The predicted molar refractivity (Wildman–Crippen MR) is 115 cm³/mol. The van der Waals surface area contributed by atoms with Crippen LogP contribution >= 0.6 is 11.6 Å². The molecule has 1 N–H and O–H groups in total. The highest BCUT2D eigenvalue weighted by Crippen LogP contribution is 2.26. The molecule has 0 aliphatic carbocycles. The quantitative estimate of drug-likeness (QED) is 0.736. The molecule has 0 radical (unpaired) electrons. The van der Waals surface area contributed by atoms with Crippen LogP contribution in [0.4, 0.5) is 10.6 Å². The maximum absolute atomic E-state index is 12.4. The van der Waals surface area contributed by atoms with Crippen molar-refractivity contribution in [2.75, 3.05) is 38.5 Å². The molecule has 1 aromatic rings. The van der Waals surface area contributed by atoms with Crippen molar-refractivity contribution in [3.05, 3.63) is 17.3 Å². The van der Waals surface area contributed by atoms with Gasteiger partial charge in [0.1, 0.15) is 28.4 Å². The summed E-state index contributed by atoms with van der Waals surface area (Å²) >= 11 is 6.24. The summed E-state index contributed by atoms with van der Waals surface area (Å²) in [5.74, 6) is 1.42. The fraction of sp³-hybridized carbons (Fsp3) is 0.714. The minimum absolute atomic E-state index is 0.0958. The standard InChI is InChI=1S/C21H33ClN4O3/c1-21(2,3)29-20(27)26-9-5-6-15(14-26)23-19-13-17(12-18(22)24-19)28-16-7-10-25(4)11-8-16/h12-13,15-16H,5-11,14H2,1-4H3,(H,23,24). The summed E-state index contributed by atoms with van der Waals surface area (Å²) in [5.41, 5.74) is -0.494. The highest BCUT2D eigenvalue weighted by molar-refractivity contribution is 6.29. The number of ether oxygens (including phenoxy) is 2.